The molecule has 1 fully saturated rings. The number of nitrogens with zero attached hydrogens (tertiary/aromatic N) is 3. The summed E-state index contributed by atoms with van der Waals surface area (Å²) in [4.78, 5) is 23.0. The van der Waals surface area contributed by atoms with E-state index in [9.17, 15) is 13.2 Å². The zero-order chi connectivity index (χ0) is 21.6. The molecule has 3 rings (SSSR count). The number of aryl methyl sites for hydroxylation is 1. The Morgan fingerprint density at radius 3 is 2.67 bits per heavy atom. The average Bonchev–Trinajstić information content (AvgIpc) is 3.20. The van der Waals surface area contributed by atoms with Crippen LogP contribution in [0, 0.1) is 6.92 Å². The Morgan fingerprint density at radius 1 is 1.17 bits per heavy atom. The first-order chi connectivity index (χ1) is 14.3. The first-order valence-electron chi connectivity index (χ1n) is 10.0. The largest absolute Gasteiger partial charge is 0.369 e. The Morgan fingerprint density at radius 2 is 1.93 bits per heavy atom. The molecule has 0 radical (unpaired) electrons. The van der Waals surface area contributed by atoms with Gasteiger partial charge in [0.05, 0.1) is 6.54 Å². The van der Waals surface area contributed by atoms with Crippen molar-refractivity contribution in [3.63, 3.8) is 0 Å². The van der Waals surface area contributed by atoms with Crippen LogP contribution in [0.1, 0.15) is 36.9 Å². The third-order valence-electron chi connectivity index (χ3n) is 4.64. The van der Waals surface area contributed by atoms with Gasteiger partial charge in [-0.05, 0) is 38.3 Å². The summed E-state index contributed by atoms with van der Waals surface area (Å²) in [6.45, 7) is 6.23. The van der Waals surface area contributed by atoms with Gasteiger partial charge in [-0.1, -0.05) is 0 Å². The smallest absolute Gasteiger partial charge is 0.250 e. The fourth-order valence-electron chi connectivity index (χ4n) is 3.18. The molecule has 11 heteroatoms. The Labute approximate surface area is 181 Å². The Balaban J connectivity index is 1.51. The van der Waals surface area contributed by atoms with E-state index in [0.29, 0.717) is 24.7 Å². The van der Waals surface area contributed by atoms with Crippen LogP contribution in [0.5, 0.6) is 0 Å². The van der Waals surface area contributed by atoms with Crippen LogP contribution >= 0.6 is 11.3 Å². The lowest BCUT2D eigenvalue weighted by molar-refractivity contribution is -0.119. The predicted molar refractivity (Wildman–Crippen MR) is 118 cm³/mol. The van der Waals surface area contributed by atoms with Crippen molar-refractivity contribution in [1.82, 2.24) is 20.0 Å². The highest BCUT2D eigenvalue weighted by molar-refractivity contribution is 7.91. The van der Waals surface area contributed by atoms with Crippen molar-refractivity contribution < 1.29 is 13.2 Å². The second-order valence-corrected chi connectivity index (χ2v) is 10.3. The van der Waals surface area contributed by atoms with Crippen LogP contribution in [0.2, 0.25) is 0 Å². The molecule has 1 saturated heterocycles. The topological polar surface area (TPSA) is 116 Å². The van der Waals surface area contributed by atoms with E-state index in [0.717, 1.165) is 35.1 Å². The van der Waals surface area contributed by atoms with Crippen LogP contribution in [-0.2, 0) is 21.4 Å². The summed E-state index contributed by atoms with van der Waals surface area (Å²) in [5, 5.41) is 5.84. The van der Waals surface area contributed by atoms with Crippen molar-refractivity contribution in [1.29, 1.82) is 0 Å². The maximum atomic E-state index is 12.5. The standard InChI is InChI=1S/C19H28N6O3S2/c1-14-23-17(12-18(24-14)25-10-4-3-5-11-25)20-8-9-22-30(27,28)19-7-6-16(29-19)13-21-15(2)26/h6-7,12,22H,3-5,8-11,13H2,1-2H3,(H,21,26)(H,20,23,24). The van der Waals surface area contributed by atoms with Gasteiger partial charge in [-0.25, -0.2) is 23.1 Å². The van der Waals surface area contributed by atoms with E-state index < -0.39 is 10.0 Å². The zero-order valence-corrected chi connectivity index (χ0v) is 18.9. The lowest BCUT2D eigenvalue weighted by Gasteiger charge is -2.28. The molecule has 0 spiro atoms. The second kappa shape index (κ2) is 10.2. The number of amides is 1. The highest BCUT2D eigenvalue weighted by Crippen LogP contribution is 2.22. The SMILES string of the molecule is CC(=O)NCc1ccc(S(=O)(=O)NCCNc2cc(N3CCCCC3)nc(C)n2)s1. The summed E-state index contributed by atoms with van der Waals surface area (Å²) in [7, 11) is -3.59. The molecule has 1 aliphatic rings. The number of rotatable bonds is 9. The van der Waals surface area contributed by atoms with Crippen molar-refractivity contribution in [3.8, 4) is 0 Å². The number of aromatic nitrogens is 2. The van der Waals surface area contributed by atoms with Gasteiger partial charge in [0.25, 0.3) is 0 Å². The van der Waals surface area contributed by atoms with E-state index in [4.69, 9.17) is 0 Å². The summed E-state index contributed by atoms with van der Waals surface area (Å²) in [5.74, 6) is 2.14. The molecule has 0 aromatic carbocycles. The van der Waals surface area contributed by atoms with Crippen molar-refractivity contribution in [3.05, 3.63) is 28.9 Å². The van der Waals surface area contributed by atoms with Crippen LogP contribution in [0.4, 0.5) is 11.6 Å². The Kier molecular flexibility index (Phi) is 7.62. The van der Waals surface area contributed by atoms with Crippen molar-refractivity contribution in [2.75, 3.05) is 36.4 Å². The lowest BCUT2D eigenvalue weighted by atomic mass is 10.1. The molecule has 30 heavy (non-hydrogen) atoms. The lowest BCUT2D eigenvalue weighted by Crippen LogP contribution is -2.31. The third-order valence-corrected chi connectivity index (χ3v) is 7.68. The van der Waals surface area contributed by atoms with E-state index in [1.54, 1.807) is 12.1 Å². The van der Waals surface area contributed by atoms with Crippen LogP contribution in [0.15, 0.2) is 22.4 Å². The number of sulfonamides is 1. The molecule has 1 amide bonds. The van der Waals surface area contributed by atoms with E-state index in [1.165, 1.54) is 26.2 Å². The Hall–Kier alpha value is -2.24. The molecule has 9 nitrogen and oxygen atoms in total. The molecular weight excluding hydrogens is 424 g/mol. The van der Waals surface area contributed by atoms with Gasteiger partial charge < -0.3 is 15.5 Å². The van der Waals surface area contributed by atoms with Gasteiger partial charge in [-0.15, -0.1) is 11.3 Å². The minimum atomic E-state index is -3.59. The van der Waals surface area contributed by atoms with Crippen molar-refractivity contribution in [2.45, 2.75) is 43.9 Å². The fraction of sp³-hybridized carbons (Fsp3) is 0.526. The summed E-state index contributed by atoms with van der Waals surface area (Å²) in [5.41, 5.74) is 0. The quantitative estimate of drug-likeness (QED) is 0.497. The minimum absolute atomic E-state index is 0.152. The van der Waals surface area contributed by atoms with Crippen LogP contribution in [0.3, 0.4) is 0 Å². The number of hydrogen-bond acceptors (Lipinski definition) is 8. The van der Waals surface area contributed by atoms with Crippen LogP contribution in [0.25, 0.3) is 0 Å². The molecule has 164 valence electrons. The number of piperidine rings is 1. The van der Waals surface area contributed by atoms with Crippen molar-refractivity contribution >= 4 is 38.9 Å². The van der Waals surface area contributed by atoms with Gasteiger partial charge in [-0.3, -0.25) is 4.79 Å². The van der Waals surface area contributed by atoms with Crippen LogP contribution < -0.4 is 20.3 Å². The van der Waals surface area contributed by atoms with E-state index in [1.807, 2.05) is 13.0 Å². The molecule has 2 aromatic heterocycles. The number of hydrogen-bond donors (Lipinski definition) is 3. The summed E-state index contributed by atoms with van der Waals surface area (Å²) in [6, 6.07) is 5.18. The first kappa shape index (κ1) is 22.4. The molecule has 1 aliphatic heterocycles. The van der Waals surface area contributed by atoms with Gasteiger partial charge in [0.1, 0.15) is 21.7 Å². The maximum Gasteiger partial charge on any atom is 0.250 e. The molecule has 2 aromatic rings. The molecule has 0 unspecified atom stereocenters. The molecule has 0 aliphatic carbocycles. The predicted octanol–water partition coefficient (Wildman–Crippen LogP) is 1.86. The summed E-state index contributed by atoms with van der Waals surface area (Å²) < 4.78 is 27.7. The summed E-state index contributed by atoms with van der Waals surface area (Å²) in [6.07, 6.45) is 3.59. The minimum Gasteiger partial charge on any atom is -0.369 e. The van der Waals surface area contributed by atoms with Gasteiger partial charge >= 0.3 is 0 Å². The van der Waals surface area contributed by atoms with Gasteiger partial charge in [0.2, 0.25) is 15.9 Å². The second-order valence-electron chi connectivity index (χ2n) is 7.16. The highest BCUT2D eigenvalue weighted by atomic mass is 32.2. The molecule has 3 heterocycles. The number of carbonyl (C=O) groups is 1. The van der Waals surface area contributed by atoms with Gasteiger partial charge in [-0.2, -0.15) is 0 Å². The van der Waals surface area contributed by atoms with E-state index in [-0.39, 0.29) is 16.7 Å². The first-order valence-corrected chi connectivity index (χ1v) is 12.3. The molecule has 0 bridgehead atoms. The Bertz CT molecular complexity index is 970. The fourth-order valence-corrected chi connectivity index (χ4v) is 5.56. The summed E-state index contributed by atoms with van der Waals surface area (Å²) >= 11 is 1.14. The molecule has 0 saturated carbocycles. The number of thiophene rings is 1. The zero-order valence-electron chi connectivity index (χ0n) is 17.3. The van der Waals surface area contributed by atoms with Crippen molar-refractivity contribution in [2.24, 2.45) is 0 Å². The van der Waals surface area contributed by atoms with Gasteiger partial charge in [0.15, 0.2) is 0 Å². The van der Waals surface area contributed by atoms with Crippen LogP contribution in [-0.4, -0.2) is 50.5 Å². The number of anilines is 2. The third kappa shape index (κ3) is 6.38. The van der Waals surface area contributed by atoms with Gasteiger partial charge in [0, 0.05) is 44.0 Å². The highest BCUT2D eigenvalue weighted by Gasteiger charge is 2.17. The number of nitrogens with one attached hydrogen (secondary N) is 3. The van der Waals surface area contributed by atoms with E-state index in [2.05, 4.69) is 30.2 Å². The monoisotopic (exact) mass is 452 g/mol. The van der Waals surface area contributed by atoms with E-state index >= 15 is 0 Å². The maximum absolute atomic E-state index is 12.5. The average molecular weight is 453 g/mol. The molecule has 3 N–H and O–H groups in total. The molecule has 0 atom stereocenters. The molecular formula is C19H28N6O3S2. The normalized spacial score (nSPS) is 14.5. The number of carbonyl (C=O) groups excluding carboxylic acids is 1.